The van der Waals surface area contributed by atoms with Crippen molar-refractivity contribution in [3.63, 3.8) is 0 Å². The average Bonchev–Trinajstić information content (AvgIpc) is 1.62. The van der Waals surface area contributed by atoms with Gasteiger partial charge in [0.15, 0.2) is 0 Å². The number of aliphatic hydroxyl groups is 1. The number of carboxylic acid groups (broad SMARTS) is 1. The van der Waals surface area contributed by atoms with Gasteiger partial charge in [0, 0.05) is 12.8 Å². The van der Waals surface area contributed by atoms with Crippen molar-refractivity contribution in [3.8, 4) is 0 Å². The molecule has 0 unspecified atom stereocenters. The summed E-state index contributed by atoms with van der Waals surface area (Å²) in [7, 11) is 0. The molecule has 1 rings (SSSR count). The lowest BCUT2D eigenvalue weighted by Crippen LogP contribution is -2.60. The molecule has 4 N–H and O–H groups in total. The first-order chi connectivity index (χ1) is 4.04. The standard InChI is InChI=1S/C5H9NO3/c6-5(4(8)9)1-3(7)2-5/h3,7H,1-2,6H2,(H,8,9). The van der Waals surface area contributed by atoms with Crippen molar-refractivity contribution >= 4 is 5.97 Å². The maximum absolute atomic E-state index is 10.2. The first kappa shape index (κ1) is 6.51. The highest BCUT2D eigenvalue weighted by Gasteiger charge is 2.46. The number of carbonyl (C=O) groups is 1. The van der Waals surface area contributed by atoms with E-state index in [4.69, 9.17) is 15.9 Å². The van der Waals surface area contributed by atoms with Crippen molar-refractivity contribution in [3.05, 3.63) is 0 Å². The summed E-state index contributed by atoms with van der Waals surface area (Å²) in [5.74, 6) is -1.02. The minimum atomic E-state index is -1.14. The molecule has 0 spiro atoms. The lowest BCUT2D eigenvalue weighted by atomic mass is 9.75. The first-order valence-electron chi connectivity index (χ1n) is 2.75. The van der Waals surface area contributed by atoms with E-state index >= 15 is 0 Å². The van der Waals surface area contributed by atoms with Gasteiger partial charge in [-0.2, -0.15) is 0 Å². The van der Waals surface area contributed by atoms with Crippen LogP contribution >= 0.6 is 0 Å². The molecule has 0 heterocycles. The Balaban J connectivity index is 2.50. The average molecular weight is 131 g/mol. The third-order valence-electron chi connectivity index (χ3n) is 1.63. The molecule has 0 aromatic heterocycles. The van der Waals surface area contributed by atoms with Crippen molar-refractivity contribution < 1.29 is 15.0 Å². The second-order valence-corrected chi connectivity index (χ2v) is 2.52. The minimum Gasteiger partial charge on any atom is -0.480 e. The van der Waals surface area contributed by atoms with Crippen LogP contribution in [0.5, 0.6) is 0 Å². The van der Waals surface area contributed by atoms with Gasteiger partial charge in [0.1, 0.15) is 5.54 Å². The zero-order valence-electron chi connectivity index (χ0n) is 4.87. The number of carboxylic acids is 1. The number of aliphatic carboxylic acids is 1. The van der Waals surface area contributed by atoms with Gasteiger partial charge in [-0.25, -0.2) is 0 Å². The van der Waals surface area contributed by atoms with Crippen LogP contribution < -0.4 is 5.73 Å². The number of rotatable bonds is 1. The third kappa shape index (κ3) is 0.906. The number of aliphatic hydroxyl groups excluding tert-OH is 1. The monoisotopic (exact) mass is 131 g/mol. The van der Waals surface area contributed by atoms with E-state index in [2.05, 4.69) is 0 Å². The Morgan fingerprint density at radius 1 is 1.67 bits per heavy atom. The van der Waals surface area contributed by atoms with Crippen LogP contribution in [0.25, 0.3) is 0 Å². The van der Waals surface area contributed by atoms with E-state index in [9.17, 15) is 4.79 Å². The molecule has 0 saturated heterocycles. The molecule has 52 valence electrons. The van der Waals surface area contributed by atoms with E-state index in [1.165, 1.54) is 0 Å². The second kappa shape index (κ2) is 1.68. The van der Waals surface area contributed by atoms with Crippen LogP contribution in [0.2, 0.25) is 0 Å². The molecule has 1 fully saturated rings. The van der Waals surface area contributed by atoms with E-state index in [0.717, 1.165) is 0 Å². The molecule has 0 aliphatic heterocycles. The summed E-state index contributed by atoms with van der Waals surface area (Å²) in [6.07, 6.45) is -0.143. The van der Waals surface area contributed by atoms with Crippen LogP contribution in [0.1, 0.15) is 12.8 Å². The Morgan fingerprint density at radius 2 is 2.11 bits per heavy atom. The van der Waals surface area contributed by atoms with Crippen LogP contribution in [0.4, 0.5) is 0 Å². The topological polar surface area (TPSA) is 83.6 Å². The molecule has 0 bridgehead atoms. The molecule has 9 heavy (non-hydrogen) atoms. The summed E-state index contributed by atoms with van der Waals surface area (Å²) < 4.78 is 0. The molecule has 0 atom stereocenters. The molecule has 1 aliphatic carbocycles. The highest BCUT2D eigenvalue weighted by Crippen LogP contribution is 2.29. The van der Waals surface area contributed by atoms with Crippen LogP contribution in [-0.4, -0.2) is 27.8 Å². The summed E-state index contributed by atoms with van der Waals surface area (Å²) in [6.45, 7) is 0. The molecule has 1 aliphatic rings. The predicted octanol–water partition coefficient (Wildman–Crippen LogP) is -1.08. The normalized spacial score (nSPS) is 41.8. The summed E-state index contributed by atoms with van der Waals surface area (Å²) in [4.78, 5) is 10.2. The quantitative estimate of drug-likeness (QED) is 0.423. The van der Waals surface area contributed by atoms with E-state index in [0.29, 0.717) is 0 Å². The number of nitrogens with two attached hydrogens (primary N) is 1. The highest BCUT2D eigenvalue weighted by molar-refractivity contribution is 5.79. The van der Waals surface area contributed by atoms with Crippen LogP contribution in [0.3, 0.4) is 0 Å². The lowest BCUT2D eigenvalue weighted by molar-refractivity contribution is -0.151. The fraction of sp³-hybridized carbons (Fsp3) is 0.800. The molecule has 0 radical (unpaired) electrons. The Bertz CT molecular complexity index is 139. The van der Waals surface area contributed by atoms with Gasteiger partial charge in [0.05, 0.1) is 6.10 Å². The smallest absolute Gasteiger partial charge is 0.323 e. The van der Waals surface area contributed by atoms with Crippen LogP contribution in [0, 0.1) is 0 Å². The molecule has 0 aromatic carbocycles. The van der Waals surface area contributed by atoms with Crippen molar-refractivity contribution in [1.29, 1.82) is 0 Å². The first-order valence-corrected chi connectivity index (χ1v) is 2.75. The Morgan fingerprint density at radius 3 is 2.22 bits per heavy atom. The van der Waals surface area contributed by atoms with E-state index in [1.807, 2.05) is 0 Å². The highest BCUT2D eigenvalue weighted by atomic mass is 16.4. The SMILES string of the molecule is NC1(C(=O)O)CC(O)C1. The summed E-state index contributed by atoms with van der Waals surface area (Å²) in [6, 6.07) is 0. The van der Waals surface area contributed by atoms with Gasteiger partial charge in [0.25, 0.3) is 0 Å². The maximum Gasteiger partial charge on any atom is 0.323 e. The Hall–Kier alpha value is -0.610. The summed E-state index contributed by atoms with van der Waals surface area (Å²) in [5.41, 5.74) is 4.14. The van der Waals surface area contributed by atoms with Gasteiger partial charge in [-0.15, -0.1) is 0 Å². The zero-order chi connectivity index (χ0) is 7.07. The molecule has 0 aromatic rings. The second-order valence-electron chi connectivity index (χ2n) is 2.52. The zero-order valence-corrected chi connectivity index (χ0v) is 4.87. The predicted molar refractivity (Wildman–Crippen MR) is 29.8 cm³/mol. The van der Waals surface area contributed by atoms with Gasteiger partial charge in [0.2, 0.25) is 0 Å². The molecular formula is C5H9NO3. The summed E-state index contributed by atoms with van der Waals surface area (Å²) in [5, 5.41) is 17.1. The molecule has 4 heteroatoms. The molecular weight excluding hydrogens is 122 g/mol. The van der Waals surface area contributed by atoms with Gasteiger partial charge in [-0.1, -0.05) is 0 Å². The molecule has 0 amide bonds. The van der Waals surface area contributed by atoms with Crippen molar-refractivity contribution in [1.82, 2.24) is 0 Å². The molecule has 1 saturated carbocycles. The largest absolute Gasteiger partial charge is 0.480 e. The van der Waals surface area contributed by atoms with Crippen molar-refractivity contribution in [2.24, 2.45) is 5.73 Å². The van der Waals surface area contributed by atoms with Gasteiger partial charge >= 0.3 is 5.97 Å². The molecule has 4 nitrogen and oxygen atoms in total. The van der Waals surface area contributed by atoms with E-state index < -0.39 is 17.6 Å². The van der Waals surface area contributed by atoms with Gasteiger partial charge < -0.3 is 15.9 Å². The Labute approximate surface area is 52.3 Å². The fourth-order valence-electron chi connectivity index (χ4n) is 0.956. The van der Waals surface area contributed by atoms with Crippen LogP contribution in [-0.2, 0) is 4.79 Å². The fourth-order valence-corrected chi connectivity index (χ4v) is 0.956. The van der Waals surface area contributed by atoms with Crippen LogP contribution in [0.15, 0.2) is 0 Å². The lowest BCUT2D eigenvalue weighted by Gasteiger charge is -2.37. The van der Waals surface area contributed by atoms with Crippen molar-refractivity contribution in [2.75, 3.05) is 0 Å². The van der Waals surface area contributed by atoms with E-state index in [1.54, 1.807) is 0 Å². The number of hydrogen-bond acceptors (Lipinski definition) is 3. The van der Waals surface area contributed by atoms with Gasteiger partial charge in [-0.3, -0.25) is 4.79 Å². The van der Waals surface area contributed by atoms with Gasteiger partial charge in [-0.05, 0) is 0 Å². The Kier molecular flexibility index (Phi) is 1.22. The third-order valence-corrected chi connectivity index (χ3v) is 1.63. The number of hydrogen-bond donors (Lipinski definition) is 3. The van der Waals surface area contributed by atoms with Crippen molar-refractivity contribution in [2.45, 2.75) is 24.5 Å². The minimum absolute atomic E-state index is 0.183. The maximum atomic E-state index is 10.2. The summed E-state index contributed by atoms with van der Waals surface area (Å²) >= 11 is 0. The van der Waals surface area contributed by atoms with E-state index in [-0.39, 0.29) is 12.8 Å².